The average Bonchev–Trinajstić information content (AvgIpc) is 2.26. The maximum absolute atomic E-state index is 10.8. The van der Waals surface area contributed by atoms with Crippen molar-refractivity contribution in [3.8, 4) is 11.8 Å². The quantitative estimate of drug-likeness (QED) is 0.576. The first kappa shape index (κ1) is 12.7. The van der Waals surface area contributed by atoms with E-state index in [2.05, 4.69) is 26.9 Å². The zero-order chi connectivity index (χ0) is 12.8. The molecule has 0 unspecified atom stereocenters. The summed E-state index contributed by atoms with van der Waals surface area (Å²) in [7, 11) is 1.27. The second-order valence-electron chi connectivity index (χ2n) is 3.25. The number of amides is 1. The van der Waals surface area contributed by atoms with E-state index in [1.54, 1.807) is 19.1 Å². The number of ether oxygens (including phenoxy) is 1. The summed E-state index contributed by atoms with van der Waals surface area (Å²) in [6, 6.07) is 3.30. The highest BCUT2D eigenvalue weighted by molar-refractivity contribution is 5.89. The molecule has 1 amide bonds. The second-order valence-corrected chi connectivity index (χ2v) is 3.25. The molecular weight excluding hydrogens is 220 g/mol. The molecule has 5 nitrogen and oxygen atoms in total. The van der Waals surface area contributed by atoms with E-state index in [4.69, 9.17) is 0 Å². The van der Waals surface area contributed by atoms with E-state index in [0.717, 1.165) is 0 Å². The molecule has 1 aromatic rings. The Morgan fingerprint density at radius 1 is 1.41 bits per heavy atom. The Kier molecular flexibility index (Phi) is 4.23. The van der Waals surface area contributed by atoms with Crippen molar-refractivity contribution in [2.45, 2.75) is 13.8 Å². The fourth-order valence-corrected chi connectivity index (χ4v) is 1.11. The van der Waals surface area contributed by atoms with Gasteiger partial charge in [0.1, 0.15) is 5.82 Å². The van der Waals surface area contributed by atoms with Crippen LogP contribution in [-0.2, 0) is 14.3 Å². The van der Waals surface area contributed by atoms with E-state index in [0.29, 0.717) is 17.1 Å². The van der Waals surface area contributed by atoms with Crippen LogP contribution in [0.5, 0.6) is 0 Å². The smallest absolute Gasteiger partial charge is 0.384 e. The molecule has 0 bridgehead atoms. The first-order valence-corrected chi connectivity index (χ1v) is 4.88. The van der Waals surface area contributed by atoms with Crippen LogP contribution in [0.1, 0.15) is 18.2 Å². The highest BCUT2D eigenvalue weighted by Crippen LogP contribution is 2.09. The molecule has 1 N–H and O–H groups in total. The molecule has 0 fully saturated rings. The molecule has 1 rings (SSSR count). The molecule has 0 spiro atoms. The number of nitrogens with one attached hydrogen (secondary N) is 1. The van der Waals surface area contributed by atoms with Crippen LogP contribution < -0.4 is 5.32 Å². The number of methoxy groups -OCH3 is 1. The molecule has 0 aliphatic rings. The van der Waals surface area contributed by atoms with Gasteiger partial charge < -0.3 is 10.1 Å². The molecule has 0 saturated heterocycles. The number of hydrogen-bond acceptors (Lipinski definition) is 4. The van der Waals surface area contributed by atoms with Crippen molar-refractivity contribution < 1.29 is 14.3 Å². The zero-order valence-electron chi connectivity index (χ0n) is 9.83. The number of carbonyl (C=O) groups is 2. The first-order chi connectivity index (χ1) is 8.02. The van der Waals surface area contributed by atoms with Gasteiger partial charge in [-0.1, -0.05) is 5.92 Å². The summed E-state index contributed by atoms with van der Waals surface area (Å²) in [5.41, 5.74) is 1.25. The minimum Gasteiger partial charge on any atom is -0.459 e. The molecule has 0 atom stereocenters. The van der Waals surface area contributed by atoms with Crippen molar-refractivity contribution in [1.82, 2.24) is 4.98 Å². The number of hydrogen-bond donors (Lipinski definition) is 1. The summed E-state index contributed by atoms with van der Waals surface area (Å²) < 4.78 is 4.40. The van der Waals surface area contributed by atoms with Crippen LogP contribution in [0, 0.1) is 18.8 Å². The summed E-state index contributed by atoms with van der Waals surface area (Å²) in [5.74, 6) is 4.62. The van der Waals surface area contributed by atoms with Gasteiger partial charge in [-0.05, 0) is 19.1 Å². The van der Waals surface area contributed by atoms with Gasteiger partial charge in [-0.25, -0.2) is 9.78 Å². The van der Waals surface area contributed by atoms with Crippen molar-refractivity contribution in [3.63, 3.8) is 0 Å². The molecule has 88 valence electrons. The van der Waals surface area contributed by atoms with Crippen LogP contribution in [-0.4, -0.2) is 24.0 Å². The van der Waals surface area contributed by atoms with Gasteiger partial charge in [0.05, 0.1) is 12.8 Å². The van der Waals surface area contributed by atoms with Crippen molar-refractivity contribution in [2.75, 3.05) is 12.4 Å². The van der Waals surface area contributed by atoms with E-state index in [1.165, 1.54) is 14.0 Å². The van der Waals surface area contributed by atoms with E-state index in [9.17, 15) is 9.59 Å². The lowest BCUT2D eigenvalue weighted by molar-refractivity contribution is -0.133. The lowest BCUT2D eigenvalue weighted by atomic mass is 10.2. The standard InChI is InChI=1S/C12H12N2O3/c1-8-10(5-7-12(16)17-3)4-6-11(13-8)14-9(2)15/h4,6H,1-3H3,(H,13,14,15). The minimum atomic E-state index is -0.602. The van der Waals surface area contributed by atoms with Gasteiger partial charge in [-0.15, -0.1) is 0 Å². The average molecular weight is 232 g/mol. The molecule has 1 heterocycles. The molecule has 0 aromatic carbocycles. The van der Waals surface area contributed by atoms with Crippen molar-refractivity contribution in [2.24, 2.45) is 0 Å². The summed E-state index contributed by atoms with van der Waals surface area (Å²) in [6.45, 7) is 3.15. The maximum atomic E-state index is 10.8. The Balaban J connectivity index is 2.92. The van der Waals surface area contributed by atoms with E-state index >= 15 is 0 Å². The van der Waals surface area contributed by atoms with E-state index in [1.807, 2.05) is 0 Å². The van der Waals surface area contributed by atoms with E-state index in [-0.39, 0.29) is 5.91 Å². The third kappa shape index (κ3) is 3.95. The van der Waals surface area contributed by atoms with Crippen molar-refractivity contribution in [3.05, 3.63) is 23.4 Å². The second kappa shape index (κ2) is 5.66. The number of carbonyl (C=O) groups excluding carboxylic acids is 2. The normalized spacial score (nSPS) is 8.88. The third-order valence-corrected chi connectivity index (χ3v) is 1.87. The fraction of sp³-hybridized carbons (Fsp3) is 0.250. The van der Waals surface area contributed by atoms with Crippen molar-refractivity contribution in [1.29, 1.82) is 0 Å². The van der Waals surface area contributed by atoms with Gasteiger partial charge in [0.25, 0.3) is 0 Å². The molecule has 5 heteroatoms. The monoisotopic (exact) mass is 232 g/mol. The molecule has 0 saturated carbocycles. The van der Waals surface area contributed by atoms with E-state index < -0.39 is 5.97 Å². The highest BCUT2D eigenvalue weighted by atomic mass is 16.5. The lowest BCUT2D eigenvalue weighted by Gasteiger charge is -2.03. The van der Waals surface area contributed by atoms with Crippen LogP contribution in [0.4, 0.5) is 5.82 Å². The number of aryl methyl sites for hydroxylation is 1. The highest BCUT2D eigenvalue weighted by Gasteiger charge is 2.01. The zero-order valence-corrected chi connectivity index (χ0v) is 9.83. The van der Waals surface area contributed by atoms with Gasteiger partial charge in [-0.3, -0.25) is 4.79 Å². The van der Waals surface area contributed by atoms with Crippen LogP contribution in [0.2, 0.25) is 0 Å². The SMILES string of the molecule is COC(=O)C#Cc1ccc(NC(C)=O)nc1C. The minimum absolute atomic E-state index is 0.190. The molecule has 0 aliphatic carbocycles. The van der Waals surface area contributed by atoms with Gasteiger partial charge >= 0.3 is 5.97 Å². The maximum Gasteiger partial charge on any atom is 0.384 e. The molecule has 17 heavy (non-hydrogen) atoms. The van der Waals surface area contributed by atoms with Crippen molar-refractivity contribution >= 4 is 17.7 Å². The number of rotatable bonds is 1. The largest absolute Gasteiger partial charge is 0.459 e. The third-order valence-electron chi connectivity index (χ3n) is 1.87. The predicted molar refractivity (Wildman–Crippen MR) is 62.2 cm³/mol. The Hall–Kier alpha value is -2.35. The van der Waals surface area contributed by atoms with Gasteiger partial charge in [0.15, 0.2) is 0 Å². The van der Waals surface area contributed by atoms with Crippen LogP contribution in [0.3, 0.4) is 0 Å². The Morgan fingerprint density at radius 2 is 2.12 bits per heavy atom. The Labute approximate surface area is 99.2 Å². The first-order valence-electron chi connectivity index (χ1n) is 4.88. The Bertz CT molecular complexity index is 512. The molecule has 1 aromatic heterocycles. The number of pyridine rings is 1. The van der Waals surface area contributed by atoms with Gasteiger partial charge in [0.2, 0.25) is 5.91 Å². The summed E-state index contributed by atoms with van der Waals surface area (Å²) in [4.78, 5) is 25.8. The Morgan fingerprint density at radius 3 is 2.65 bits per heavy atom. The predicted octanol–water partition coefficient (Wildman–Crippen LogP) is 0.873. The lowest BCUT2D eigenvalue weighted by Crippen LogP contribution is -2.08. The number of anilines is 1. The number of esters is 1. The van der Waals surface area contributed by atoms with Gasteiger partial charge in [0, 0.05) is 18.4 Å². The molecular formula is C12H12N2O3. The summed E-state index contributed by atoms with van der Waals surface area (Å²) >= 11 is 0. The summed E-state index contributed by atoms with van der Waals surface area (Å²) in [5, 5.41) is 2.56. The topological polar surface area (TPSA) is 68.3 Å². The number of aromatic nitrogens is 1. The fourth-order valence-electron chi connectivity index (χ4n) is 1.11. The van der Waals surface area contributed by atoms with Crippen LogP contribution in [0.15, 0.2) is 12.1 Å². The van der Waals surface area contributed by atoms with Crippen LogP contribution >= 0.6 is 0 Å². The molecule has 0 aliphatic heterocycles. The summed E-state index contributed by atoms with van der Waals surface area (Å²) in [6.07, 6.45) is 0. The number of nitrogens with zero attached hydrogens (tertiary/aromatic N) is 1. The molecule has 0 radical (unpaired) electrons. The van der Waals surface area contributed by atoms with Gasteiger partial charge in [-0.2, -0.15) is 0 Å². The van der Waals surface area contributed by atoms with Crippen LogP contribution in [0.25, 0.3) is 0 Å².